The Labute approximate surface area is 103 Å². The molecule has 0 aliphatic heterocycles. The van der Waals surface area contributed by atoms with E-state index in [0.717, 1.165) is 23.3 Å². The van der Waals surface area contributed by atoms with Crippen LogP contribution in [0.1, 0.15) is 31.4 Å². The zero-order valence-corrected chi connectivity index (χ0v) is 10.4. The van der Waals surface area contributed by atoms with E-state index in [4.69, 9.17) is 15.1 Å². The highest BCUT2D eigenvalue weighted by Crippen LogP contribution is 2.19. The van der Waals surface area contributed by atoms with Gasteiger partial charge in [-0.05, 0) is 29.2 Å². The first-order valence-corrected chi connectivity index (χ1v) is 5.93. The molecule has 1 aromatic rings. The first-order valence-electron chi connectivity index (χ1n) is 5.93. The van der Waals surface area contributed by atoms with Crippen molar-refractivity contribution in [3.05, 3.63) is 29.3 Å². The summed E-state index contributed by atoms with van der Waals surface area (Å²) in [7, 11) is 0. The molecule has 92 valence electrons. The predicted octanol–water partition coefficient (Wildman–Crippen LogP) is 2.67. The second-order valence-electron chi connectivity index (χ2n) is 4.30. The largest absolute Gasteiger partial charge is 0.493 e. The molecular weight excluding hydrogens is 214 g/mol. The van der Waals surface area contributed by atoms with Gasteiger partial charge in [-0.25, -0.2) is 0 Å². The van der Waals surface area contributed by atoms with Gasteiger partial charge in [-0.15, -0.1) is 0 Å². The Morgan fingerprint density at radius 1 is 1.35 bits per heavy atom. The summed E-state index contributed by atoms with van der Waals surface area (Å²) in [6.45, 7) is 4.89. The molecule has 0 aliphatic rings. The molecule has 0 saturated heterocycles. The highest BCUT2D eigenvalue weighted by Gasteiger charge is 2.04. The van der Waals surface area contributed by atoms with Crippen LogP contribution in [0.15, 0.2) is 18.2 Å². The van der Waals surface area contributed by atoms with E-state index < -0.39 is 0 Å². The summed E-state index contributed by atoms with van der Waals surface area (Å²) in [4.78, 5) is 0. The number of nitrogens with zero attached hydrogens (tertiary/aromatic N) is 1. The molecule has 3 nitrogen and oxygen atoms in total. The molecule has 1 unspecified atom stereocenters. The first kappa shape index (κ1) is 13.5. The topological polar surface area (TPSA) is 53.2 Å². The number of aliphatic hydroxyl groups is 1. The number of hydrogen-bond donors (Lipinski definition) is 1. The maximum atomic E-state index is 9.14. The van der Waals surface area contributed by atoms with Crippen LogP contribution in [0, 0.1) is 17.2 Å². The van der Waals surface area contributed by atoms with Gasteiger partial charge in [-0.3, -0.25) is 0 Å². The van der Waals surface area contributed by atoms with Gasteiger partial charge in [0.05, 0.1) is 25.7 Å². The summed E-state index contributed by atoms with van der Waals surface area (Å²) in [6, 6.07) is 7.62. The lowest BCUT2D eigenvalue weighted by atomic mass is 10.1. The molecule has 0 heterocycles. The summed E-state index contributed by atoms with van der Waals surface area (Å²) in [6.07, 6.45) is 1.41. The van der Waals surface area contributed by atoms with Crippen molar-refractivity contribution in [3.8, 4) is 11.8 Å². The summed E-state index contributed by atoms with van der Waals surface area (Å²) in [5.41, 5.74) is 1.68. The number of aliphatic hydroxyl groups excluding tert-OH is 1. The van der Waals surface area contributed by atoms with Crippen LogP contribution in [-0.2, 0) is 13.0 Å². The Kier molecular flexibility index (Phi) is 5.51. The van der Waals surface area contributed by atoms with E-state index in [1.54, 1.807) is 0 Å². The van der Waals surface area contributed by atoms with Gasteiger partial charge in [0, 0.05) is 0 Å². The summed E-state index contributed by atoms with van der Waals surface area (Å²) >= 11 is 0. The van der Waals surface area contributed by atoms with Crippen LogP contribution in [0.4, 0.5) is 0 Å². The molecule has 3 heteroatoms. The molecule has 0 aliphatic carbocycles. The van der Waals surface area contributed by atoms with E-state index in [9.17, 15) is 0 Å². The van der Waals surface area contributed by atoms with Crippen molar-refractivity contribution < 1.29 is 9.84 Å². The lowest BCUT2D eigenvalue weighted by Crippen LogP contribution is -2.07. The monoisotopic (exact) mass is 233 g/mol. The lowest BCUT2D eigenvalue weighted by molar-refractivity contribution is 0.253. The molecule has 0 aromatic heterocycles. The normalized spacial score (nSPS) is 11.9. The number of benzene rings is 1. The summed E-state index contributed by atoms with van der Waals surface area (Å²) in [5, 5.41) is 17.8. The van der Waals surface area contributed by atoms with Crippen LogP contribution in [0.5, 0.6) is 5.75 Å². The first-order chi connectivity index (χ1) is 8.19. The van der Waals surface area contributed by atoms with E-state index in [-0.39, 0.29) is 6.61 Å². The van der Waals surface area contributed by atoms with Crippen LogP contribution in [-0.4, -0.2) is 11.7 Å². The lowest BCUT2D eigenvalue weighted by Gasteiger charge is -2.12. The fourth-order valence-electron chi connectivity index (χ4n) is 1.45. The van der Waals surface area contributed by atoms with Crippen molar-refractivity contribution in [3.63, 3.8) is 0 Å². The van der Waals surface area contributed by atoms with Crippen LogP contribution in [0.2, 0.25) is 0 Å². The SMILES string of the molecule is CCC(C)COc1cc(CO)cc(CC#N)c1. The van der Waals surface area contributed by atoms with Gasteiger partial charge >= 0.3 is 0 Å². The van der Waals surface area contributed by atoms with Crippen LogP contribution in [0.25, 0.3) is 0 Å². The number of hydrogen-bond acceptors (Lipinski definition) is 3. The molecule has 17 heavy (non-hydrogen) atoms. The molecule has 0 fully saturated rings. The fourth-order valence-corrected chi connectivity index (χ4v) is 1.45. The van der Waals surface area contributed by atoms with Gasteiger partial charge in [0.1, 0.15) is 5.75 Å². The van der Waals surface area contributed by atoms with Gasteiger partial charge in [0.25, 0.3) is 0 Å². The zero-order valence-electron chi connectivity index (χ0n) is 10.4. The molecule has 0 radical (unpaired) electrons. The summed E-state index contributed by atoms with van der Waals surface area (Å²) in [5.74, 6) is 1.24. The second-order valence-corrected chi connectivity index (χ2v) is 4.30. The van der Waals surface area contributed by atoms with Crippen molar-refractivity contribution in [2.45, 2.75) is 33.3 Å². The van der Waals surface area contributed by atoms with Gasteiger partial charge in [-0.1, -0.05) is 26.3 Å². The Balaban J connectivity index is 2.76. The fraction of sp³-hybridized carbons (Fsp3) is 0.500. The van der Waals surface area contributed by atoms with E-state index in [2.05, 4.69) is 19.9 Å². The van der Waals surface area contributed by atoms with Crippen molar-refractivity contribution in [1.29, 1.82) is 5.26 Å². The van der Waals surface area contributed by atoms with Gasteiger partial charge in [-0.2, -0.15) is 5.26 Å². The van der Waals surface area contributed by atoms with Crippen molar-refractivity contribution in [2.75, 3.05) is 6.61 Å². The smallest absolute Gasteiger partial charge is 0.119 e. The predicted molar refractivity (Wildman–Crippen MR) is 66.6 cm³/mol. The molecule has 1 atom stereocenters. The second kappa shape index (κ2) is 6.93. The third kappa shape index (κ3) is 4.46. The Bertz CT molecular complexity index is 396. The van der Waals surface area contributed by atoms with E-state index in [1.807, 2.05) is 18.2 Å². The average molecular weight is 233 g/mol. The molecule has 0 spiro atoms. The quantitative estimate of drug-likeness (QED) is 0.821. The third-order valence-electron chi connectivity index (χ3n) is 2.72. The molecule has 1 N–H and O–H groups in total. The van der Waals surface area contributed by atoms with E-state index in [1.165, 1.54) is 0 Å². The molecule has 1 rings (SSSR count). The van der Waals surface area contributed by atoms with Gasteiger partial charge < -0.3 is 9.84 Å². The van der Waals surface area contributed by atoms with Crippen molar-refractivity contribution in [1.82, 2.24) is 0 Å². The highest BCUT2D eigenvalue weighted by atomic mass is 16.5. The highest BCUT2D eigenvalue weighted by molar-refractivity contribution is 5.35. The Hall–Kier alpha value is -1.53. The van der Waals surface area contributed by atoms with Crippen LogP contribution in [0.3, 0.4) is 0 Å². The molecule has 0 saturated carbocycles. The maximum absolute atomic E-state index is 9.14. The van der Waals surface area contributed by atoms with Crippen molar-refractivity contribution >= 4 is 0 Å². The third-order valence-corrected chi connectivity index (χ3v) is 2.72. The number of ether oxygens (including phenoxy) is 1. The number of nitriles is 1. The molecule has 0 bridgehead atoms. The van der Waals surface area contributed by atoms with E-state index in [0.29, 0.717) is 18.9 Å². The maximum Gasteiger partial charge on any atom is 0.119 e. The minimum absolute atomic E-state index is 0.0288. The van der Waals surface area contributed by atoms with Gasteiger partial charge in [0.2, 0.25) is 0 Å². The average Bonchev–Trinajstić information content (AvgIpc) is 2.36. The van der Waals surface area contributed by atoms with Crippen LogP contribution < -0.4 is 4.74 Å². The Morgan fingerprint density at radius 3 is 2.65 bits per heavy atom. The van der Waals surface area contributed by atoms with Crippen molar-refractivity contribution in [2.24, 2.45) is 5.92 Å². The molecular formula is C14H19NO2. The summed E-state index contributed by atoms with van der Waals surface area (Å²) < 4.78 is 5.67. The van der Waals surface area contributed by atoms with Crippen LogP contribution >= 0.6 is 0 Å². The van der Waals surface area contributed by atoms with Gasteiger partial charge in [0.15, 0.2) is 0 Å². The Morgan fingerprint density at radius 2 is 2.06 bits per heavy atom. The zero-order chi connectivity index (χ0) is 12.7. The van der Waals surface area contributed by atoms with E-state index >= 15 is 0 Å². The minimum atomic E-state index is -0.0288. The molecule has 1 aromatic carbocycles. The minimum Gasteiger partial charge on any atom is -0.493 e. The molecule has 0 amide bonds. The standard InChI is InChI=1S/C14H19NO2/c1-3-11(2)10-17-14-7-12(4-5-15)6-13(8-14)9-16/h6-8,11,16H,3-4,9-10H2,1-2H3. The number of rotatable bonds is 6.